The van der Waals surface area contributed by atoms with Crippen LogP contribution in [0.25, 0.3) is 0 Å². The van der Waals surface area contributed by atoms with Gasteiger partial charge in [0.15, 0.2) is 0 Å². The van der Waals surface area contributed by atoms with E-state index in [1.807, 2.05) is 30.3 Å². The van der Waals surface area contributed by atoms with Gasteiger partial charge in [-0.15, -0.1) is 10.2 Å². The van der Waals surface area contributed by atoms with Crippen LogP contribution in [0.3, 0.4) is 0 Å². The van der Waals surface area contributed by atoms with Gasteiger partial charge in [-0.25, -0.2) is 0 Å². The van der Waals surface area contributed by atoms with E-state index in [9.17, 15) is 0 Å². The molecular weight excluding hydrogens is 238 g/mol. The summed E-state index contributed by atoms with van der Waals surface area (Å²) in [4.78, 5) is 0. The van der Waals surface area contributed by atoms with Crippen LogP contribution in [0.15, 0.2) is 34.7 Å². The van der Waals surface area contributed by atoms with Crippen LogP contribution in [-0.2, 0) is 0 Å². The fraction of sp³-hybridized carbons (Fsp3) is 0.467. The van der Waals surface area contributed by atoms with Crippen LogP contribution < -0.4 is 5.73 Å². The predicted octanol–water partition coefficient (Wildman–Crippen LogP) is 3.17. The van der Waals surface area contributed by atoms with Gasteiger partial charge in [0.2, 0.25) is 11.8 Å². The zero-order valence-corrected chi connectivity index (χ0v) is 11.0. The molecule has 2 N–H and O–H groups in total. The second kappa shape index (κ2) is 5.53. The second-order valence-corrected chi connectivity index (χ2v) is 5.20. The van der Waals surface area contributed by atoms with Gasteiger partial charge in [0, 0.05) is 5.92 Å². The molecular formula is C15H19N3O. The molecule has 1 saturated carbocycles. The number of hydrogen-bond donors (Lipinski definition) is 1. The highest BCUT2D eigenvalue weighted by Crippen LogP contribution is 2.32. The van der Waals surface area contributed by atoms with E-state index in [2.05, 4.69) is 10.2 Å². The van der Waals surface area contributed by atoms with E-state index in [0.29, 0.717) is 11.8 Å². The third-order valence-electron chi connectivity index (χ3n) is 3.84. The summed E-state index contributed by atoms with van der Waals surface area (Å²) in [6.45, 7) is 0. The summed E-state index contributed by atoms with van der Waals surface area (Å²) in [6.07, 6.45) is 6.14. The molecule has 4 nitrogen and oxygen atoms in total. The highest BCUT2D eigenvalue weighted by molar-refractivity contribution is 5.22. The molecule has 1 fully saturated rings. The lowest BCUT2D eigenvalue weighted by atomic mass is 9.89. The molecule has 3 rings (SSSR count). The van der Waals surface area contributed by atoms with Crippen molar-refractivity contribution in [3.05, 3.63) is 47.7 Å². The first-order valence-electron chi connectivity index (χ1n) is 6.98. The summed E-state index contributed by atoms with van der Waals surface area (Å²) in [5, 5.41) is 8.32. The van der Waals surface area contributed by atoms with Gasteiger partial charge in [0.1, 0.15) is 6.04 Å². The van der Waals surface area contributed by atoms with Gasteiger partial charge in [0.25, 0.3) is 0 Å². The van der Waals surface area contributed by atoms with Gasteiger partial charge in [0.05, 0.1) is 0 Å². The SMILES string of the molecule is NC(c1ccccc1)c1nnc(C2CCCCC2)o1. The molecule has 1 aromatic carbocycles. The minimum atomic E-state index is -0.328. The molecule has 0 bridgehead atoms. The molecule has 0 aliphatic heterocycles. The largest absolute Gasteiger partial charge is 0.423 e. The number of rotatable bonds is 3. The standard InChI is InChI=1S/C15H19N3O/c16-13(11-7-3-1-4-8-11)15-18-17-14(19-15)12-9-5-2-6-10-12/h1,3-4,7-8,12-13H,2,5-6,9-10,16H2. The van der Waals surface area contributed by atoms with E-state index in [-0.39, 0.29) is 6.04 Å². The average Bonchev–Trinajstić information content (AvgIpc) is 2.98. The molecule has 1 aromatic heterocycles. The van der Waals surface area contributed by atoms with E-state index >= 15 is 0 Å². The van der Waals surface area contributed by atoms with E-state index < -0.39 is 0 Å². The molecule has 0 saturated heterocycles. The third-order valence-corrected chi connectivity index (χ3v) is 3.84. The van der Waals surface area contributed by atoms with Gasteiger partial charge in [-0.3, -0.25) is 0 Å². The Labute approximate surface area is 113 Å². The minimum absolute atomic E-state index is 0.328. The fourth-order valence-electron chi connectivity index (χ4n) is 2.69. The highest BCUT2D eigenvalue weighted by atomic mass is 16.4. The fourth-order valence-corrected chi connectivity index (χ4v) is 2.69. The van der Waals surface area contributed by atoms with Crippen molar-refractivity contribution in [2.45, 2.75) is 44.1 Å². The lowest BCUT2D eigenvalue weighted by Crippen LogP contribution is -2.12. The molecule has 1 unspecified atom stereocenters. The Hall–Kier alpha value is -1.68. The monoisotopic (exact) mass is 257 g/mol. The lowest BCUT2D eigenvalue weighted by Gasteiger charge is -2.17. The van der Waals surface area contributed by atoms with Crippen LogP contribution in [0, 0.1) is 0 Å². The molecule has 1 aliphatic rings. The Morgan fingerprint density at radius 3 is 2.53 bits per heavy atom. The molecule has 4 heteroatoms. The van der Waals surface area contributed by atoms with Gasteiger partial charge >= 0.3 is 0 Å². The van der Waals surface area contributed by atoms with E-state index in [1.54, 1.807) is 0 Å². The maximum Gasteiger partial charge on any atom is 0.237 e. The predicted molar refractivity (Wildman–Crippen MR) is 72.6 cm³/mol. The second-order valence-electron chi connectivity index (χ2n) is 5.20. The summed E-state index contributed by atoms with van der Waals surface area (Å²) in [7, 11) is 0. The van der Waals surface area contributed by atoms with Crippen LogP contribution in [0.5, 0.6) is 0 Å². The molecule has 0 radical (unpaired) electrons. The smallest absolute Gasteiger partial charge is 0.237 e. The summed E-state index contributed by atoms with van der Waals surface area (Å²) in [5.74, 6) is 1.71. The maximum atomic E-state index is 6.16. The van der Waals surface area contributed by atoms with Crippen LogP contribution in [0.1, 0.15) is 61.4 Å². The van der Waals surface area contributed by atoms with Crippen molar-refractivity contribution in [3.8, 4) is 0 Å². The van der Waals surface area contributed by atoms with Crippen LogP contribution >= 0.6 is 0 Å². The van der Waals surface area contributed by atoms with Crippen molar-refractivity contribution >= 4 is 0 Å². The van der Waals surface area contributed by atoms with Crippen LogP contribution in [-0.4, -0.2) is 10.2 Å². The summed E-state index contributed by atoms with van der Waals surface area (Å²) < 4.78 is 5.79. The van der Waals surface area contributed by atoms with Gasteiger partial charge < -0.3 is 10.2 Å². The Kier molecular flexibility index (Phi) is 3.60. The van der Waals surface area contributed by atoms with Crippen LogP contribution in [0.2, 0.25) is 0 Å². The zero-order chi connectivity index (χ0) is 13.1. The normalized spacial score (nSPS) is 18.4. The number of benzene rings is 1. The average molecular weight is 257 g/mol. The summed E-state index contributed by atoms with van der Waals surface area (Å²) in [6, 6.07) is 9.54. The molecule has 1 heterocycles. The van der Waals surface area contributed by atoms with Gasteiger partial charge in [-0.1, -0.05) is 49.6 Å². The van der Waals surface area contributed by atoms with E-state index in [1.165, 1.54) is 19.3 Å². The Bertz CT molecular complexity index is 517. The third kappa shape index (κ3) is 2.68. The van der Waals surface area contributed by atoms with Gasteiger partial charge in [-0.2, -0.15) is 0 Å². The quantitative estimate of drug-likeness (QED) is 0.917. The summed E-state index contributed by atoms with van der Waals surface area (Å²) in [5.41, 5.74) is 7.16. The first-order valence-corrected chi connectivity index (χ1v) is 6.98. The van der Waals surface area contributed by atoms with Crippen molar-refractivity contribution in [3.63, 3.8) is 0 Å². The molecule has 100 valence electrons. The Balaban J connectivity index is 1.77. The maximum absolute atomic E-state index is 6.16. The first-order chi connectivity index (χ1) is 9.34. The zero-order valence-electron chi connectivity index (χ0n) is 11.0. The van der Waals surface area contributed by atoms with Gasteiger partial charge in [-0.05, 0) is 18.4 Å². The van der Waals surface area contributed by atoms with Crippen LogP contribution in [0.4, 0.5) is 0 Å². The first kappa shape index (κ1) is 12.4. The van der Waals surface area contributed by atoms with E-state index in [4.69, 9.17) is 10.2 Å². The Morgan fingerprint density at radius 1 is 1.05 bits per heavy atom. The highest BCUT2D eigenvalue weighted by Gasteiger charge is 2.23. The Morgan fingerprint density at radius 2 is 1.79 bits per heavy atom. The number of hydrogen-bond acceptors (Lipinski definition) is 4. The molecule has 2 aromatic rings. The summed E-state index contributed by atoms with van der Waals surface area (Å²) >= 11 is 0. The minimum Gasteiger partial charge on any atom is -0.423 e. The molecule has 1 aliphatic carbocycles. The lowest BCUT2D eigenvalue weighted by molar-refractivity contribution is 0.347. The van der Waals surface area contributed by atoms with E-state index in [0.717, 1.165) is 24.3 Å². The number of nitrogens with zero attached hydrogens (tertiary/aromatic N) is 2. The van der Waals surface area contributed by atoms with Crippen molar-refractivity contribution < 1.29 is 4.42 Å². The molecule has 0 amide bonds. The molecule has 1 atom stereocenters. The topological polar surface area (TPSA) is 64.9 Å². The van der Waals surface area contributed by atoms with Crippen molar-refractivity contribution in [1.29, 1.82) is 0 Å². The number of nitrogens with two attached hydrogens (primary N) is 1. The van der Waals surface area contributed by atoms with Crippen molar-refractivity contribution in [2.75, 3.05) is 0 Å². The molecule has 0 spiro atoms. The number of aromatic nitrogens is 2. The molecule has 19 heavy (non-hydrogen) atoms. The van der Waals surface area contributed by atoms with Crippen molar-refractivity contribution in [1.82, 2.24) is 10.2 Å². The van der Waals surface area contributed by atoms with Crippen molar-refractivity contribution in [2.24, 2.45) is 5.73 Å².